The van der Waals surface area contributed by atoms with E-state index in [1.54, 1.807) is 106 Å². The number of anilines is 2. The number of nitrogens with one attached hydrogen (secondary N) is 12. The molecule has 576 valence electrons. The molecule has 33 nitrogen and oxygen atoms in total. The molecule has 0 unspecified atom stereocenters. The number of nitrogens with zero attached hydrogens (tertiary/aromatic N) is 4. The van der Waals surface area contributed by atoms with Crippen LogP contribution < -0.4 is 64.0 Å². The number of aliphatic hydroxyl groups is 5. The Morgan fingerprint density at radius 1 is 0.419 bits per heavy atom. The van der Waals surface area contributed by atoms with E-state index < -0.39 is 222 Å². The summed E-state index contributed by atoms with van der Waals surface area (Å²) >= 11 is 0. The van der Waals surface area contributed by atoms with Gasteiger partial charge in [-0.15, -0.1) is 0 Å². The summed E-state index contributed by atoms with van der Waals surface area (Å²) in [5.41, 5.74) is 3.15. The molecule has 0 radical (unpaired) electrons. The maximum Gasteiger partial charge on any atom is 0.260 e. The molecule has 6 saturated heterocycles. The van der Waals surface area contributed by atoms with Crippen molar-refractivity contribution in [3.63, 3.8) is 0 Å². The van der Waals surface area contributed by atoms with Gasteiger partial charge < -0.3 is 88.5 Å². The molecule has 0 spiro atoms. The zero-order valence-electron chi connectivity index (χ0n) is 62.0. The summed E-state index contributed by atoms with van der Waals surface area (Å²) in [5, 5.41) is 91.2. The van der Waals surface area contributed by atoms with E-state index in [1.165, 1.54) is 13.8 Å². The van der Waals surface area contributed by atoms with Gasteiger partial charge in [-0.2, -0.15) is 0 Å². The van der Waals surface area contributed by atoms with Gasteiger partial charge in [0.2, 0.25) is 59.1 Å². The predicted molar refractivity (Wildman–Crippen MR) is 379 cm³/mol. The van der Waals surface area contributed by atoms with E-state index in [-0.39, 0.29) is 60.9 Å². The Balaban J connectivity index is 1.01. The van der Waals surface area contributed by atoms with Gasteiger partial charge in [0.1, 0.15) is 96.0 Å². The third-order valence-corrected chi connectivity index (χ3v) is 21.5. The largest absolute Gasteiger partial charge is 0.392 e. The number of amides is 12. The number of rotatable bonds is 11. The lowest BCUT2D eigenvalue weighted by Crippen LogP contribution is -2.68. The Hall–Kier alpha value is -8.60. The SMILES string of the molecule is CC(C)C[C@@H]1NC(=O)[C@H]2CCCNN2C(=O)[C@H](C(C)C)NC(=O)[C@@H](C(C)C)NC(=O)[C@@H]2C[C@@]3(O)c4cc(-c5ccc6c(c5)[C@]5(O)C[C@H]7C(=O)N[C@H](C(C)C)C(=O)N[C@@H](C(C)C)C(=O)N8NC[C@H](O)C[C@@H]8C(=O)N[C@@H](CC(C)C)C(=O)N[C@H]([C@H](C)O)C(=O)N7[C@@H]5N6)ccc4N[C@H]3N2C(=O)[C@@H]([C@H](C)O)NC1=O. The molecule has 8 aliphatic heterocycles. The van der Waals surface area contributed by atoms with E-state index in [0.717, 1.165) is 19.8 Å². The molecule has 2 aromatic rings. The van der Waals surface area contributed by atoms with Crippen molar-refractivity contribution < 1.29 is 83.1 Å². The van der Waals surface area contributed by atoms with Crippen LogP contribution in [-0.4, -0.2) is 232 Å². The molecule has 33 heteroatoms. The number of benzene rings is 2. The molecule has 6 fully saturated rings. The molecule has 19 atom stereocenters. The number of aliphatic hydroxyl groups excluding tert-OH is 3. The Morgan fingerprint density at radius 3 is 1.16 bits per heavy atom. The highest BCUT2D eigenvalue weighted by molar-refractivity contribution is 6.02. The topological polar surface area (TPSA) is 463 Å². The van der Waals surface area contributed by atoms with Crippen molar-refractivity contribution in [1.29, 1.82) is 0 Å². The molecule has 0 aromatic heterocycles. The lowest BCUT2D eigenvalue weighted by atomic mass is 9.86. The number of carbonyl (C=O) groups excluding carboxylic acids is 12. The Bertz CT molecular complexity index is 3720. The summed E-state index contributed by atoms with van der Waals surface area (Å²) in [6.07, 6.45) is -8.11. The monoisotopic (exact) mass is 1470 g/mol. The van der Waals surface area contributed by atoms with Crippen molar-refractivity contribution in [2.24, 2.45) is 35.5 Å². The molecule has 8 heterocycles. The van der Waals surface area contributed by atoms with Crippen LogP contribution in [0.2, 0.25) is 0 Å². The zero-order valence-corrected chi connectivity index (χ0v) is 62.0. The van der Waals surface area contributed by atoms with Gasteiger partial charge >= 0.3 is 0 Å². The van der Waals surface area contributed by atoms with Gasteiger partial charge in [0, 0.05) is 54.9 Å². The summed E-state index contributed by atoms with van der Waals surface area (Å²) in [4.78, 5) is 180. The van der Waals surface area contributed by atoms with Crippen molar-refractivity contribution >= 4 is 82.3 Å². The molecule has 12 amide bonds. The van der Waals surface area contributed by atoms with E-state index >= 15 is 19.2 Å². The van der Waals surface area contributed by atoms with Gasteiger partial charge in [0.25, 0.3) is 11.8 Å². The van der Waals surface area contributed by atoms with Gasteiger partial charge in [0.15, 0.2) is 0 Å². The number of fused-ring (bicyclic) bond motifs is 12. The second-order valence-electron chi connectivity index (χ2n) is 31.9. The van der Waals surface area contributed by atoms with Gasteiger partial charge in [-0.25, -0.2) is 10.9 Å². The first-order chi connectivity index (χ1) is 49.3. The van der Waals surface area contributed by atoms with E-state index in [2.05, 4.69) is 64.0 Å². The highest BCUT2D eigenvalue weighted by atomic mass is 16.3. The molecule has 17 N–H and O–H groups in total. The first kappa shape index (κ1) is 79.0. The van der Waals surface area contributed by atoms with Crippen LogP contribution in [0.4, 0.5) is 11.4 Å². The Labute approximate surface area is 610 Å². The first-order valence-electron chi connectivity index (χ1n) is 36.8. The molecule has 2 aromatic carbocycles. The third-order valence-electron chi connectivity index (χ3n) is 21.5. The van der Waals surface area contributed by atoms with E-state index in [4.69, 9.17) is 0 Å². The number of hydrogen-bond donors (Lipinski definition) is 17. The Kier molecular flexibility index (Phi) is 23.4. The molecule has 105 heavy (non-hydrogen) atoms. The van der Waals surface area contributed by atoms with E-state index in [9.17, 15) is 63.9 Å². The number of β-amino-alcohol motifs (C(OH)–C–C–N with tert-alkyl or cyclic N) is 1. The second kappa shape index (κ2) is 31.1. The van der Waals surface area contributed by atoms with Crippen LogP contribution in [0.15, 0.2) is 36.4 Å². The smallest absolute Gasteiger partial charge is 0.260 e. The van der Waals surface area contributed by atoms with E-state index in [0.29, 0.717) is 29.8 Å². The van der Waals surface area contributed by atoms with Crippen LogP contribution in [0.5, 0.6) is 0 Å². The standard InChI is InChI=1S/C72H106N16O17/c1-30(2)22-45-57(92)83-55(36(13)89)65(100)85-49(61(96)79-51(32(5)6)63(98)81-53(34(9)10)67(102)87-47(59(94)75-45)16-15-21-73-87)27-71(104)41-24-38(17-19-43(41)77-69(71)85)39-18-20-44-42(25-39)72(105)28-50-62(97)80-52(33(7)8)64(99)82-54(35(11)12)68(103)88-48(26-40(91)29-74-88)60(95)76-46(23-31(3)4)58(93)84-56(37(14)90)66(101)86(50)70(72)78-44/h17-20,24-25,30-37,40,45-56,69-70,73-74,77-78,89-91,104-105H,15-16,21-23,26-29H2,1-14H3,(H,75,94)(H,76,95)(H,79,96)(H,80,97)(H,81,98)(H,82,99)(H,83,92)(H,84,93)/t36-,37-,40+,45-,46-,47+,48+,49-,50-,51+,52+,53-,54-,55+,56+,69-,70-,71+,72+/m0/s1. The summed E-state index contributed by atoms with van der Waals surface area (Å²) in [6.45, 7) is 23.2. The molecule has 0 aliphatic carbocycles. The minimum Gasteiger partial charge on any atom is -0.392 e. The highest BCUT2D eigenvalue weighted by Gasteiger charge is 2.64. The van der Waals surface area contributed by atoms with Crippen LogP contribution >= 0.6 is 0 Å². The van der Waals surface area contributed by atoms with Crippen molar-refractivity contribution in [2.45, 2.75) is 256 Å². The lowest BCUT2D eigenvalue weighted by Gasteiger charge is -2.40. The third kappa shape index (κ3) is 15.5. The fraction of sp³-hybridized carbons (Fsp3) is 0.667. The second-order valence-corrected chi connectivity index (χ2v) is 31.9. The minimum absolute atomic E-state index is 0.0140. The predicted octanol–water partition coefficient (Wildman–Crippen LogP) is -2.22. The number of hydrazine groups is 2. The minimum atomic E-state index is -2.18. The summed E-state index contributed by atoms with van der Waals surface area (Å²) in [5.74, 6) is -13.2. The lowest BCUT2D eigenvalue weighted by molar-refractivity contribution is -0.154. The van der Waals surface area contributed by atoms with Crippen molar-refractivity contribution in [2.75, 3.05) is 23.7 Å². The maximum absolute atomic E-state index is 15.6. The summed E-state index contributed by atoms with van der Waals surface area (Å²) in [7, 11) is 0. The van der Waals surface area contributed by atoms with Crippen LogP contribution in [0.25, 0.3) is 11.1 Å². The maximum atomic E-state index is 15.6. The molecule has 10 rings (SSSR count). The first-order valence-corrected chi connectivity index (χ1v) is 36.8. The molecular formula is C72H106N16O17. The van der Waals surface area contributed by atoms with Crippen molar-refractivity contribution in [3.05, 3.63) is 47.5 Å². The number of hydrogen-bond acceptors (Lipinski definition) is 21. The van der Waals surface area contributed by atoms with E-state index in [1.807, 2.05) is 13.8 Å². The van der Waals surface area contributed by atoms with Crippen LogP contribution in [0, 0.1) is 35.5 Å². The quantitative estimate of drug-likeness (QED) is 0.113. The average Bonchev–Trinajstić information content (AvgIpc) is 1.55. The normalized spacial score (nSPS) is 33.2. The summed E-state index contributed by atoms with van der Waals surface area (Å²) < 4.78 is 0. The van der Waals surface area contributed by atoms with Gasteiger partial charge in [-0.05, 0) is 110 Å². The summed E-state index contributed by atoms with van der Waals surface area (Å²) in [6, 6.07) is -7.72. The number of carbonyl (C=O) groups is 12. The Morgan fingerprint density at radius 2 is 0.781 bits per heavy atom. The molecule has 0 saturated carbocycles. The van der Waals surface area contributed by atoms with Crippen molar-refractivity contribution in [3.8, 4) is 11.1 Å². The fourth-order valence-electron chi connectivity index (χ4n) is 15.8. The molecular weight excluding hydrogens is 1360 g/mol. The molecule has 8 aliphatic rings. The molecule has 0 bridgehead atoms. The van der Waals surface area contributed by atoms with Crippen LogP contribution in [0.1, 0.15) is 153 Å². The zero-order chi connectivity index (χ0) is 77.1. The fourth-order valence-corrected chi connectivity index (χ4v) is 15.8. The van der Waals surface area contributed by atoms with Crippen LogP contribution in [-0.2, 0) is 68.7 Å². The van der Waals surface area contributed by atoms with Gasteiger partial charge in [-0.3, -0.25) is 67.6 Å². The van der Waals surface area contributed by atoms with Crippen molar-refractivity contribution in [1.82, 2.24) is 73.2 Å². The highest BCUT2D eigenvalue weighted by Crippen LogP contribution is 2.53. The van der Waals surface area contributed by atoms with Gasteiger partial charge in [0.05, 0.1) is 18.3 Å². The average molecular weight is 1470 g/mol. The van der Waals surface area contributed by atoms with Crippen LogP contribution in [0.3, 0.4) is 0 Å². The van der Waals surface area contributed by atoms with Gasteiger partial charge in [-0.1, -0.05) is 95.2 Å².